The van der Waals surface area contributed by atoms with Crippen LogP contribution < -0.4 is 4.90 Å². The normalized spacial score (nSPS) is 16.6. The van der Waals surface area contributed by atoms with Gasteiger partial charge in [0.05, 0.1) is 6.54 Å². The Morgan fingerprint density at radius 3 is 2.52 bits per heavy atom. The zero-order valence-electron chi connectivity index (χ0n) is 15.6. The summed E-state index contributed by atoms with van der Waals surface area (Å²) in [5, 5.41) is 9.09. The number of carbonyl (C=O) groups excluding carboxylic acids is 2. The van der Waals surface area contributed by atoms with E-state index in [4.69, 9.17) is 9.52 Å². The van der Waals surface area contributed by atoms with E-state index in [-0.39, 0.29) is 23.9 Å². The van der Waals surface area contributed by atoms with E-state index in [1.807, 2.05) is 31.2 Å². The summed E-state index contributed by atoms with van der Waals surface area (Å²) < 4.78 is 5.42. The van der Waals surface area contributed by atoms with Crippen molar-refractivity contribution in [3.63, 3.8) is 0 Å². The SMILES string of the molecule is Cc1ccc(N2CCC(C(=O)N(C)Cc3cc(C(=O)O)c(C)o3)C2=O)cc1. The van der Waals surface area contributed by atoms with Gasteiger partial charge in [-0.25, -0.2) is 4.79 Å². The average molecular weight is 370 g/mol. The summed E-state index contributed by atoms with van der Waals surface area (Å²) in [7, 11) is 1.59. The summed E-state index contributed by atoms with van der Waals surface area (Å²) in [5.41, 5.74) is 1.97. The van der Waals surface area contributed by atoms with Crippen LogP contribution in [0.2, 0.25) is 0 Å². The van der Waals surface area contributed by atoms with Crippen molar-refractivity contribution in [2.24, 2.45) is 5.92 Å². The molecule has 1 fully saturated rings. The van der Waals surface area contributed by atoms with E-state index in [2.05, 4.69) is 0 Å². The standard InChI is InChI=1S/C20H22N2O5/c1-12-4-6-14(7-5-12)22-9-8-16(19(22)24)18(23)21(3)11-15-10-17(20(25)26)13(2)27-15/h4-7,10,16H,8-9,11H2,1-3H3,(H,25,26). The molecule has 142 valence electrons. The molecule has 27 heavy (non-hydrogen) atoms. The van der Waals surface area contributed by atoms with Crippen molar-refractivity contribution >= 4 is 23.5 Å². The number of furan rings is 1. The maximum atomic E-state index is 12.7. The quantitative estimate of drug-likeness (QED) is 0.817. The summed E-state index contributed by atoms with van der Waals surface area (Å²) in [6.07, 6.45) is 0.452. The van der Waals surface area contributed by atoms with Crippen LogP contribution in [-0.4, -0.2) is 41.4 Å². The molecule has 1 saturated heterocycles. The van der Waals surface area contributed by atoms with Crippen LogP contribution in [-0.2, 0) is 16.1 Å². The van der Waals surface area contributed by atoms with Gasteiger partial charge < -0.3 is 19.3 Å². The number of aryl methyl sites for hydroxylation is 2. The number of nitrogens with zero attached hydrogens (tertiary/aromatic N) is 2. The largest absolute Gasteiger partial charge is 0.478 e. The zero-order valence-corrected chi connectivity index (χ0v) is 15.6. The van der Waals surface area contributed by atoms with Gasteiger partial charge in [0, 0.05) is 19.3 Å². The molecule has 2 aromatic rings. The molecule has 1 unspecified atom stereocenters. The van der Waals surface area contributed by atoms with Gasteiger partial charge >= 0.3 is 5.97 Å². The minimum Gasteiger partial charge on any atom is -0.478 e. The molecule has 7 heteroatoms. The third-order valence-electron chi connectivity index (χ3n) is 4.82. The monoisotopic (exact) mass is 370 g/mol. The highest BCUT2D eigenvalue weighted by Gasteiger charge is 2.39. The van der Waals surface area contributed by atoms with Crippen LogP contribution in [0.25, 0.3) is 0 Å². The lowest BCUT2D eigenvalue weighted by Crippen LogP contribution is -2.37. The molecule has 0 bridgehead atoms. The summed E-state index contributed by atoms with van der Waals surface area (Å²) in [6.45, 7) is 4.15. The molecular weight excluding hydrogens is 348 g/mol. The summed E-state index contributed by atoms with van der Waals surface area (Å²) in [5.74, 6) is -1.64. The lowest BCUT2D eigenvalue weighted by molar-refractivity contribution is -0.139. The van der Waals surface area contributed by atoms with Crippen LogP contribution >= 0.6 is 0 Å². The Balaban J connectivity index is 1.68. The van der Waals surface area contributed by atoms with E-state index in [0.717, 1.165) is 11.3 Å². The average Bonchev–Trinajstić information content (AvgIpc) is 3.18. The first-order valence-corrected chi connectivity index (χ1v) is 8.73. The van der Waals surface area contributed by atoms with Crippen LogP contribution in [0.5, 0.6) is 0 Å². The molecule has 0 radical (unpaired) electrons. The number of benzene rings is 1. The minimum atomic E-state index is -1.07. The third-order valence-corrected chi connectivity index (χ3v) is 4.82. The molecule has 0 aliphatic carbocycles. The van der Waals surface area contributed by atoms with E-state index in [1.54, 1.807) is 18.9 Å². The molecule has 1 aliphatic rings. The molecule has 0 saturated carbocycles. The zero-order chi connectivity index (χ0) is 19.7. The van der Waals surface area contributed by atoms with Crippen molar-refractivity contribution in [2.45, 2.75) is 26.8 Å². The van der Waals surface area contributed by atoms with Gasteiger partial charge in [0.25, 0.3) is 0 Å². The second kappa shape index (κ2) is 7.26. The van der Waals surface area contributed by atoms with E-state index in [0.29, 0.717) is 24.5 Å². The van der Waals surface area contributed by atoms with Crippen LogP contribution in [0.15, 0.2) is 34.7 Å². The third kappa shape index (κ3) is 3.72. The molecule has 7 nitrogen and oxygen atoms in total. The van der Waals surface area contributed by atoms with Crippen molar-refractivity contribution in [1.82, 2.24) is 4.90 Å². The molecule has 1 aromatic heterocycles. The highest BCUT2D eigenvalue weighted by atomic mass is 16.4. The van der Waals surface area contributed by atoms with Gasteiger partial charge in [-0.05, 0) is 38.5 Å². The Hall–Kier alpha value is -3.09. The van der Waals surface area contributed by atoms with Gasteiger partial charge in [0.1, 0.15) is 23.0 Å². The predicted octanol–water partition coefficient (Wildman–Crippen LogP) is 2.61. The topological polar surface area (TPSA) is 91.1 Å². The van der Waals surface area contributed by atoms with Gasteiger partial charge in [0.15, 0.2) is 0 Å². The number of anilines is 1. The van der Waals surface area contributed by atoms with Crippen molar-refractivity contribution < 1.29 is 23.9 Å². The number of carboxylic acids is 1. The Kier molecular flexibility index (Phi) is 5.03. The van der Waals surface area contributed by atoms with Crippen LogP contribution in [0.4, 0.5) is 5.69 Å². The van der Waals surface area contributed by atoms with Crippen molar-refractivity contribution in [3.05, 3.63) is 53.0 Å². The summed E-state index contributed by atoms with van der Waals surface area (Å²) >= 11 is 0. The Labute approximate surface area is 157 Å². The molecule has 0 spiro atoms. The fraction of sp³-hybridized carbons (Fsp3) is 0.350. The second-order valence-electron chi connectivity index (χ2n) is 6.85. The van der Waals surface area contributed by atoms with E-state index < -0.39 is 11.9 Å². The van der Waals surface area contributed by atoms with Crippen molar-refractivity contribution in [1.29, 1.82) is 0 Å². The molecule has 2 heterocycles. The molecule has 2 amide bonds. The van der Waals surface area contributed by atoms with E-state index in [1.165, 1.54) is 11.0 Å². The number of amides is 2. The van der Waals surface area contributed by atoms with Crippen LogP contribution in [0.3, 0.4) is 0 Å². The number of hydrogen-bond acceptors (Lipinski definition) is 4. The second-order valence-corrected chi connectivity index (χ2v) is 6.85. The number of carbonyl (C=O) groups is 3. The first kappa shape index (κ1) is 18.7. The maximum Gasteiger partial charge on any atom is 0.339 e. The van der Waals surface area contributed by atoms with Gasteiger partial charge in [-0.3, -0.25) is 9.59 Å². The van der Waals surface area contributed by atoms with Gasteiger partial charge in [0.2, 0.25) is 11.8 Å². The minimum absolute atomic E-state index is 0.0772. The maximum absolute atomic E-state index is 12.7. The first-order chi connectivity index (χ1) is 12.8. The smallest absolute Gasteiger partial charge is 0.339 e. The van der Waals surface area contributed by atoms with Crippen LogP contribution in [0, 0.1) is 19.8 Å². The molecule has 1 aliphatic heterocycles. The van der Waals surface area contributed by atoms with Crippen molar-refractivity contribution in [3.8, 4) is 0 Å². The number of hydrogen-bond donors (Lipinski definition) is 1. The fourth-order valence-electron chi connectivity index (χ4n) is 3.30. The molecule has 1 aromatic carbocycles. The Bertz CT molecular complexity index is 884. The Morgan fingerprint density at radius 1 is 1.26 bits per heavy atom. The van der Waals surface area contributed by atoms with E-state index in [9.17, 15) is 14.4 Å². The number of aromatic carboxylic acids is 1. The molecule has 3 rings (SSSR count). The number of rotatable bonds is 5. The summed E-state index contributed by atoms with van der Waals surface area (Å²) in [4.78, 5) is 39.6. The predicted molar refractivity (Wildman–Crippen MR) is 98.5 cm³/mol. The van der Waals surface area contributed by atoms with Gasteiger partial charge in [-0.15, -0.1) is 0 Å². The fourth-order valence-corrected chi connectivity index (χ4v) is 3.30. The highest BCUT2D eigenvalue weighted by Crippen LogP contribution is 2.27. The highest BCUT2D eigenvalue weighted by molar-refractivity contribution is 6.09. The van der Waals surface area contributed by atoms with E-state index >= 15 is 0 Å². The van der Waals surface area contributed by atoms with Gasteiger partial charge in [-0.1, -0.05) is 17.7 Å². The molecular formula is C20H22N2O5. The first-order valence-electron chi connectivity index (χ1n) is 8.73. The van der Waals surface area contributed by atoms with Crippen LogP contribution in [0.1, 0.15) is 33.9 Å². The van der Waals surface area contributed by atoms with Gasteiger partial charge in [-0.2, -0.15) is 0 Å². The lowest BCUT2D eigenvalue weighted by atomic mass is 10.1. The number of carboxylic acid groups (broad SMARTS) is 1. The summed E-state index contributed by atoms with van der Waals surface area (Å²) in [6, 6.07) is 9.04. The molecule has 1 N–H and O–H groups in total. The molecule has 1 atom stereocenters. The van der Waals surface area contributed by atoms with Crippen molar-refractivity contribution in [2.75, 3.05) is 18.5 Å². The Morgan fingerprint density at radius 2 is 1.93 bits per heavy atom. The lowest BCUT2D eigenvalue weighted by Gasteiger charge is -2.20.